The minimum absolute atomic E-state index is 0.245. The number of aromatic nitrogens is 1. The van der Waals surface area contributed by atoms with Crippen molar-refractivity contribution in [1.29, 1.82) is 0 Å². The Hall–Kier alpha value is -2.70. The third-order valence-corrected chi connectivity index (χ3v) is 5.67. The molecule has 1 aliphatic rings. The molecule has 1 aliphatic heterocycles. The van der Waals surface area contributed by atoms with E-state index < -0.39 is 0 Å². The highest BCUT2D eigenvalue weighted by atomic mass is 19.1. The van der Waals surface area contributed by atoms with E-state index >= 15 is 0 Å². The third-order valence-electron chi connectivity index (χ3n) is 5.67. The van der Waals surface area contributed by atoms with Gasteiger partial charge in [-0.1, -0.05) is 18.2 Å². The van der Waals surface area contributed by atoms with Crippen molar-refractivity contribution in [1.82, 2.24) is 14.8 Å². The topological polar surface area (TPSA) is 34.6 Å². The van der Waals surface area contributed by atoms with Gasteiger partial charge in [-0.3, -0.25) is 0 Å². The minimum Gasteiger partial charge on any atom is -0.383 e. The second-order valence-electron chi connectivity index (χ2n) is 8.25. The number of pyridine rings is 1. The average molecular weight is 408 g/mol. The highest BCUT2D eigenvalue weighted by molar-refractivity contribution is 5.95. The molecule has 0 atom stereocenters. The maximum atomic E-state index is 14.0. The first kappa shape index (κ1) is 20.6. The number of para-hydroxylation sites is 1. The second-order valence-corrected chi connectivity index (χ2v) is 8.25. The minimum atomic E-state index is -0.245. The Morgan fingerprint density at radius 3 is 2.57 bits per heavy atom. The maximum Gasteiger partial charge on any atom is 0.124 e. The zero-order chi connectivity index (χ0) is 21.1. The van der Waals surface area contributed by atoms with E-state index in [0.717, 1.165) is 67.1 Å². The van der Waals surface area contributed by atoms with Gasteiger partial charge in [-0.25, -0.2) is 9.37 Å². The van der Waals surface area contributed by atoms with Crippen LogP contribution < -0.4 is 10.2 Å². The Morgan fingerprint density at radius 2 is 1.80 bits per heavy atom. The van der Waals surface area contributed by atoms with Crippen LogP contribution in [-0.2, 0) is 0 Å². The number of fused-ring (bicyclic) bond motifs is 1. The Balaban J connectivity index is 1.75. The van der Waals surface area contributed by atoms with E-state index in [9.17, 15) is 4.39 Å². The van der Waals surface area contributed by atoms with Crippen LogP contribution in [0.3, 0.4) is 0 Å². The number of likely N-dealkylation sites (N-methyl/N-ethyl adjacent to an activating group) is 2. The summed E-state index contributed by atoms with van der Waals surface area (Å²) in [5.41, 5.74) is 4.96. The van der Waals surface area contributed by atoms with Crippen LogP contribution in [-0.4, -0.2) is 75.2 Å². The van der Waals surface area contributed by atoms with E-state index in [-0.39, 0.29) is 5.82 Å². The summed E-state index contributed by atoms with van der Waals surface area (Å²) in [5.74, 6) is -0.245. The summed E-state index contributed by atoms with van der Waals surface area (Å²) in [5, 5.41) is 4.31. The van der Waals surface area contributed by atoms with Crippen LogP contribution in [0, 0.1) is 5.82 Å². The molecule has 0 amide bonds. The largest absolute Gasteiger partial charge is 0.383 e. The quantitative estimate of drug-likeness (QED) is 0.673. The summed E-state index contributed by atoms with van der Waals surface area (Å²) in [6.45, 7) is 5.78. The van der Waals surface area contributed by atoms with Gasteiger partial charge in [0.1, 0.15) is 5.82 Å². The molecule has 5 nitrogen and oxygen atoms in total. The number of rotatable bonds is 6. The van der Waals surface area contributed by atoms with E-state index in [0.29, 0.717) is 0 Å². The van der Waals surface area contributed by atoms with Crippen LogP contribution in [0.4, 0.5) is 15.8 Å². The van der Waals surface area contributed by atoms with Crippen molar-refractivity contribution in [2.24, 2.45) is 0 Å². The standard InChI is InChI=1S/C24H30FN5/c1-28(2)11-10-26-22-17-23(27-21-9-8-18(25)16-20(21)22)19-6-4-5-7-24(19)30-14-12-29(3)13-15-30/h4-9,16-17H,10-15H2,1-3H3,(H,26,27). The summed E-state index contributed by atoms with van der Waals surface area (Å²) in [6.07, 6.45) is 0. The van der Waals surface area contributed by atoms with Gasteiger partial charge in [0.2, 0.25) is 0 Å². The molecule has 3 aromatic rings. The first-order valence-electron chi connectivity index (χ1n) is 10.5. The number of hydrogen-bond acceptors (Lipinski definition) is 5. The zero-order valence-corrected chi connectivity index (χ0v) is 18.0. The van der Waals surface area contributed by atoms with Gasteiger partial charge in [-0.05, 0) is 51.5 Å². The van der Waals surface area contributed by atoms with E-state index in [1.807, 2.05) is 14.1 Å². The van der Waals surface area contributed by atoms with Crippen molar-refractivity contribution in [2.45, 2.75) is 0 Å². The van der Waals surface area contributed by atoms with Gasteiger partial charge in [0, 0.05) is 61.6 Å². The predicted octanol–water partition coefficient (Wildman–Crippen LogP) is 3.77. The third kappa shape index (κ3) is 4.55. The lowest BCUT2D eigenvalue weighted by molar-refractivity contribution is 0.313. The van der Waals surface area contributed by atoms with Crippen molar-refractivity contribution in [3.05, 3.63) is 54.3 Å². The van der Waals surface area contributed by atoms with Crippen LogP contribution in [0.2, 0.25) is 0 Å². The lowest BCUT2D eigenvalue weighted by atomic mass is 10.0. The van der Waals surface area contributed by atoms with Gasteiger partial charge >= 0.3 is 0 Å². The fraction of sp³-hybridized carbons (Fsp3) is 0.375. The van der Waals surface area contributed by atoms with Crippen LogP contribution in [0.1, 0.15) is 0 Å². The molecule has 1 aromatic heterocycles. The Bertz CT molecular complexity index is 1010. The van der Waals surface area contributed by atoms with Crippen LogP contribution >= 0.6 is 0 Å². The molecule has 1 saturated heterocycles. The molecule has 158 valence electrons. The smallest absolute Gasteiger partial charge is 0.124 e. The zero-order valence-electron chi connectivity index (χ0n) is 18.0. The molecule has 30 heavy (non-hydrogen) atoms. The van der Waals surface area contributed by atoms with Gasteiger partial charge in [-0.15, -0.1) is 0 Å². The molecule has 2 aromatic carbocycles. The molecule has 6 heteroatoms. The van der Waals surface area contributed by atoms with Gasteiger partial charge in [0.15, 0.2) is 0 Å². The summed E-state index contributed by atoms with van der Waals surface area (Å²) >= 11 is 0. The summed E-state index contributed by atoms with van der Waals surface area (Å²) in [4.78, 5) is 11.8. The fourth-order valence-electron chi connectivity index (χ4n) is 3.91. The van der Waals surface area contributed by atoms with Gasteiger partial charge < -0.3 is 20.0 Å². The normalized spacial score (nSPS) is 15.2. The number of halogens is 1. The first-order valence-corrected chi connectivity index (χ1v) is 10.5. The monoisotopic (exact) mass is 407 g/mol. The lowest BCUT2D eigenvalue weighted by Gasteiger charge is -2.35. The first-order chi connectivity index (χ1) is 14.5. The predicted molar refractivity (Wildman–Crippen MR) is 124 cm³/mol. The van der Waals surface area contributed by atoms with Crippen molar-refractivity contribution < 1.29 is 4.39 Å². The van der Waals surface area contributed by atoms with Gasteiger partial charge in [-0.2, -0.15) is 0 Å². The number of anilines is 2. The molecule has 0 radical (unpaired) electrons. The van der Waals surface area contributed by atoms with Crippen molar-refractivity contribution in [3.63, 3.8) is 0 Å². The second kappa shape index (κ2) is 8.98. The molecule has 0 spiro atoms. The van der Waals surface area contributed by atoms with Crippen molar-refractivity contribution in [2.75, 3.05) is 70.6 Å². The molecule has 2 heterocycles. The number of benzene rings is 2. The molecule has 1 fully saturated rings. The van der Waals surface area contributed by atoms with Crippen LogP contribution in [0.15, 0.2) is 48.5 Å². The van der Waals surface area contributed by atoms with Crippen molar-refractivity contribution in [3.8, 4) is 11.3 Å². The summed E-state index contributed by atoms with van der Waals surface area (Å²) in [6, 6.07) is 15.3. The number of piperazine rings is 1. The molecule has 0 saturated carbocycles. The van der Waals surface area contributed by atoms with Gasteiger partial charge in [0.25, 0.3) is 0 Å². The van der Waals surface area contributed by atoms with Crippen LogP contribution in [0.25, 0.3) is 22.2 Å². The Kier molecular flexibility index (Phi) is 6.16. The molecule has 1 N–H and O–H groups in total. The van der Waals surface area contributed by atoms with E-state index in [4.69, 9.17) is 4.98 Å². The SMILES string of the molecule is CN(C)CCNc1cc(-c2ccccc2N2CCN(C)CC2)nc2ccc(F)cc12. The van der Waals surface area contributed by atoms with E-state index in [1.165, 1.54) is 11.8 Å². The molecule has 0 bridgehead atoms. The van der Waals surface area contributed by atoms with E-state index in [2.05, 4.69) is 57.4 Å². The fourth-order valence-corrected chi connectivity index (χ4v) is 3.91. The lowest BCUT2D eigenvalue weighted by Crippen LogP contribution is -2.44. The molecule has 0 aliphatic carbocycles. The van der Waals surface area contributed by atoms with Gasteiger partial charge in [0.05, 0.1) is 11.2 Å². The highest BCUT2D eigenvalue weighted by Crippen LogP contribution is 2.34. The Morgan fingerprint density at radius 1 is 1.03 bits per heavy atom. The highest BCUT2D eigenvalue weighted by Gasteiger charge is 2.19. The average Bonchev–Trinajstić information content (AvgIpc) is 2.74. The Labute approximate surface area is 178 Å². The maximum absolute atomic E-state index is 14.0. The van der Waals surface area contributed by atoms with Crippen LogP contribution in [0.5, 0.6) is 0 Å². The molecule has 4 rings (SSSR count). The molecular formula is C24H30FN5. The van der Waals surface area contributed by atoms with Crippen molar-refractivity contribution >= 4 is 22.3 Å². The number of nitrogens with zero attached hydrogens (tertiary/aromatic N) is 4. The molecule has 0 unspecified atom stereocenters. The van der Waals surface area contributed by atoms with E-state index in [1.54, 1.807) is 12.1 Å². The summed E-state index contributed by atoms with van der Waals surface area (Å²) in [7, 11) is 6.26. The number of hydrogen-bond donors (Lipinski definition) is 1. The molecular weight excluding hydrogens is 377 g/mol. The summed E-state index contributed by atoms with van der Waals surface area (Å²) < 4.78 is 14.0. The number of nitrogens with one attached hydrogen (secondary N) is 1.